The largest absolute Gasteiger partial charge is 0.484 e. The Balaban J connectivity index is 2.04. The Bertz CT molecular complexity index is 597. The SMILES string of the molecule is O=C(COc1cc(F)ccc1Br)c1ccc(F)cc1. The van der Waals surface area contributed by atoms with E-state index in [0.29, 0.717) is 10.0 Å². The van der Waals surface area contributed by atoms with Crippen LogP contribution in [0.25, 0.3) is 0 Å². The van der Waals surface area contributed by atoms with Gasteiger partial charge in [-0.2, -0.15) is 0 Å². The van der Waals surface area contributed by atoms with Crippen LogP contribution in [0.1, 0.15) is 10.4 Å². The summed E-state index contributed by atoms with van der Waals surface area (Å²) in [4.78, 5) is 11.8. The molecule has 0 radical (unpaired) electrons. The summed E-state index contributed by atoms with van der Waals surface area (Å²) in [5.74, 6) is -0.926. The van der Waals surface area contributed by atoms with Crippen molar-refractivity contribution in [1.82, 2.24) is 0 Å². The van der Waals surface area contributed by atoms with Crippen LogP contribution in [-0.2, 0) is 0 Å². The molecule has 0 aliphatic carbocycles. The first-order valence-corrected chi connectivity index (χ1v) is 6.22. The third-order valence-electron chi connectivity index (χ3n) is 2.42. The maximum atomic E-state index is 13.0. The van der Waals surface area contributed by atoms with Crippen LogP contribution in [0.15, 0.2) is 46.9 Å². The lowest BCUT2D eigenvalue weighted by molar-refractivity contribution is 0.0920. The molecule has 0 fully saturated rings. The van der Waals surface area contributed by atoms with E-state index >= 15 is 0 Å². The lowest BCUT2D eigenvalue weighted by Gasteiger charge is -2.07. The van der Waals surface area contributed by atoms with Gasteiger partial charge in [0.1, 0.15) is 17.4 Å². The minimum atomic E-state index is -0.451. The van der Waals surface area contributed by atoms with Crippen molar-refractivity contribution in [1.29, 1.82) is 0 Å². The Kier molecular flexibility index (Phi) is 4.27. The summed E-state index contributed by atoms with van der Waals surface area (Å²) in [6.45, 7) is -0.242. The molecule has 19 heavy (non-hydrogen) atoms. The summed E-state index contributed by atoms with van der Waals surface area (Å²) in [6, 6.07) is 9.10. The molecule has 0 spiro atoms. The van der Waals surface area contributed by atoms with E-state index in [1.165, 1.54) is 42.5 Å². The minimum Gasteiger partial charge on any atom is -0.484 e. The highest BCUT2D eigenvalue weighted by atomic mass is 79.9. The summed E-state index contributed by atoms with van der Waals surface area (Å²) >= 11 is 3.19. The number of ketones is 1. The molecule has 5 heteroatoms. The van der Waals surface area contributed by atoms with Crippen LogP contribution in [0.3, 0.4) is 0 Å². The smallest absolute Gasteiger partial charge is 0.200 e. The topological polar surface area (TPSA) is 26.3 Å². The van der Waals surface area contributed by atoms with Crippen LogP contribution in [0.5, 0.6) is 5.75 Å². The second kappa shape index (κ2) is 5.93. The number of hydrogen-bond acceptors (Lipinski definition) is 2. The maximum absolute atomic E-state index is 13.0. The number of halogens is 3. The molecule has 0 aromatic heterocycles. The third kappa shape index (κ3) is 3.61. The predicted molar refractivity (Wildman–Crippen MR) is 70.3 cm³/mol. The summed E-state index contributed by atoms with van der Waals surface area (Å²) in [6.07, 6.45) is 0. The van der Waals surface area contributed by atoms with Crippen LogP contribution >= 0.6 is 15.9 Å². The van der Waals surface area contributed by atoms with Crippen molar-refractivity contribution >= 4 is 21.7 Å². The fourth-order valence-electron chi connectivity index (χ4n) is 1.45. The van der Waals surface area contributed by atoms with E-state index in [9.17, 15) is 13.6 Å². The van der Waals surface area contributed by atoms with E-state index in [-0.39, 0.29) is 18.1 Å². The Morgan fingerprint density at radius 2 is 1.68 bits per heavy atom. The van der Waals surface area contributed by atoms with Crippen molar-refractivity contribution in [3.63, 3.8) is 0 Å². The zero-order valence-electron chi connectivity index (χ0n) is 9.70. The van der Waals surface area contributed by atoms with Gasteiger partial charge in [-0.1, -0.05) is 0 Å². The molecule has 0 saturated heterocycles. The van der Waals surface area contributed by atoms with E-state index in [2.05, 4.69) is 15.9 Å². The average Bonchev–Trinajstić information content (AvgIpc) is 2.40. The van der Waals surface area contributed by atoms with Gasteiger partial charge in [0.05, 0.1) is 4.47 Å². The van der Waals surface area contributed by atoms with Crippen LogP contribution in [-0.4, -0.2) is 12.4 Å². The Morgan fingerprint density at radius 1 is 1.05 bits per heavy atom. The second-order valence-corrected chi connectivity index (χ2v) is 4.65. The van der Waals surface area contributed by atoms with Gasteiger partial charge in [-0.05, 0) is 52.3 Å². The van der Waals surface area contributed by atoms with E-state index in [1.807, 2.05) is 0 Å². The van der Waals surface area contributed by atoms with Crippen molar-refractivity contribution in [3.05, 3.63) is 64.1 Å². The number of rotatable bonds is 4. The van der Waals surface area contributed by atoms with Gasteiger partial charge in [0.15, 0.2) is 12.4 Å². The summed E-state index contributed by atoms with van der Waals surface area (Å²) in [5.41, 5.74) is 0.342. The molecule has 2 aromatic rings. The van der Waals surface area contributed by atoms with Crippen LogP contribution < -0.4 is 4.74 Å². The molecule has 0 unspecified atom stereocenters. The van der Waals surface area contributed by atoms with Gasteiger partial charge in [-0.25, -0.2) is 8.78 Å². The molecule has 0 heterocycles. The highest BCUT2D eigenvalue weighted by Gasteiger charge is 2.09. The summed E-state index contributed by atoms with van der Waals surface area (Å²) in [7, 11) is 0. The van der Waals surface area contributed by atoms with Gasteiger partial charge >= 0.3 is 0 Å². The first-order valence-electron chi connectivity index (χ1n) is 5.43. The molecular weight excluding hydrogens is 318 g/mol. The zero-order valence-corrected chi connectivity index (χ0v) is 11.3. The molecule has 98 valence electrons. The highest BCUT2D eigenvalue weighted by Crippen LogP contribution is 2.25. The minimum absolute atomic E-state index is 0.242. The molecule has 0 saturated carbocycles. The molecule has 0 bridgehead atoms. The average molecular weight is 327 g/mol. The Hall–Kier alpha value is -1.75. The molecule has 0 N–H and O–H groups in total. The number of carbonyl (C=O) groups excluding carboxylic acids is 1. The van der Waals surface area contributed by atoms with Gasteiger partial charge in [-0.3, -0.25) is 4.79 Å². The number of ether oxygens (including phenoxy) is 1. The van der Waals surface area contributed by atoms with Crippen molar-refractivity contribution < 1.29 is 18.3 Å². The highest BCUT2D eigenvalue weighted by molar-refractivity contribution is 9.10. The normalized spacial score (nSPS) is 10.3. The monoisotopic (exact) mass is 326 g/mol. The standard InChI is InChI=1S/C14H9BrF2O2/c15-12-6-5-11(17)7-14(12)19-8-13(18)9-1-3-10(16)4-2-9/h1-7H,8H2. The van der Waals surface area contributed by atoms with Crippen LogP contribution in [0, 0.1) is 11.6 Å². The molecule has 0 amide bonds. The lowest BCUT2D eigenvalue weighted by Crippen LogP contribution is -2.11. The number of benzene rings is 2. The van der Waals surface area contributed by atoms with Crippen molar-refractivity contribution in [3.8, 4) is 5.75 Å². The number of carbonyl (C=O) groups is 1. The lowest BCUT2D eigenvalue weighted by atomic mass is 10.1. The van der Waals surface area contributed by atoms with Gasteiger partial charge in [0.25, 0.3) is 0 Å². The number of Topliss-reactive ketones (excluding diaryl/α,β-unsaturated/α-hetero) is 1. The fraction of sp³-hybridized carbons (Fsp3) is 0.0714. The van der Waals surface area contributed by atoms with Gasteiger partial charge in [-0.15, -0.1) is 0 Å². The molecule has 0 aliphatic rings. The third-order valence-corrected chi connectivity index (χ3v) is 3.07. The predicted octanol–water partition coefficient (Wildman–Crippen LogP) is 3.99. The van der Waals surface area contributed by atoms with Gasteiger partial charge < -0.3 is 4.74 Å². The van der Waals surface area contributed by atoms with Crippen LogP contribution in [0.4, 0.5) is 8.78 Å². The summed E-state index contributed by atoms with van der Waals surface area (Å²) in [5, 5.41) is 0. The molecule has 0 atom stereocenters. The first kappa shape index (κ1) is 13.7. The molecule has 2 aromatic carbocycles. The summed E-state index contributed by atoms with van der Waals surface area (Å²) < 4.78 is 31.5. The Labute approximate surface area is 117 Å². The zero-order chi connectivity index (χ0) is 13.8. The van der Waals surface area contributed by atoms with Gasteiger partial charge in [0, 0.05) is 11.6 Å². The van der Waals surface area contributed by atoms with Crippen LogP contribution in [0.2, 0.25) is 0 Å². The Morgan fingerprint density at radius 3 is 2.37 bits per heavy atom. The first-order chi connectivity index (χ1) is 9.06. The second-order valence-electron chi connectivity index (χ2n) is 3.79. The van der Waals surface area contributed by atoms with Crippen molar-refractivity contribution in [2.75, 3.05) is 6.61 Å². The molecule has 2 nitrogen and oxygen atoms in total. The van der Waals surface area contributed by atoms with E-state index in [0.717, 1.165) is 0 Å². The molecule has 2 rings (SSSR count). The van der Waals surface area contributed by atoms with Crippen molar-refractivity contribution in [2.45, 2.75) is 0 Å². The fourth-order valence-corrected chi connectivity index (χ4v) is 1.81. The molecular formula is C14H9BrF2O2. The number of hydrogen-bond donors (Lipinski definition) is 0. The van der Waals surface area contributed by atoms with E-state index < -0.39 is 11.6 Å². The van der Waals surface area contributed by atoms with Crippen molar-refractivity contribution in [2.24, 2.45) is 0 Å². The van der Waals surface area contributed by atoms with Gasteiger partial charge in [0.2, 0.25) is 0 Å². The van der Waals surface area contributed by atoms with E-state index in [1.54, 1.807) is 0 Å². The quantitative estimate of drug-likeness (QED) is 0.794. The maximum Gasteiger partial charge on any atom is 0.200 e. The molecule has 0 aliphatic heterocycles. The van der Waals surface area contributed by atoms with E-state index in [4.69, 9.17) is 4.74 Å².